The van der Waals surface area contributed by atoms with Crippen LogP contribution in [0.5, 0.6) is 11.5 Å². The van der Waals surface area contributed by atoms with E-state index < -0.39 is 0 Å². The molecule has 19 heavy (non-hydrogen) atoms. The maximum Gasteiger partial charge on any atom is 0.225 e. The minimum atomic E-state index is -0.158. The van der Waals surface area contributed by atoms with Gasteiger partial charge in [-0.2, -0.15) is 0 Å². The van der Waals surface area contributed by atoms with Gasteiger partial charge in [-0.15, -0.1) is 12.4 Å². The number of benzene rings is 1. The van der Waals surface area contributed by atoms with Crippen LogP contribution in [-0.2, 0) is 4.79 Å². The number of nitrogens with two attached hydrogens (primary N) is 1. The van der Waals surface area contributed by atoms with Crippen LogP contribution in [-0.4, -0.2) is 25.7 Å². The number of methoxy groups -OCH3 is 1. The van der Waals surface area contributed by atoms with Crippen molar-refractivity contribution in [1.82, 2.24) is 0 Å². The average molecular weight is 289 g/mol. The van der Waals surface area contributed by atoms with Crippen LogP contribution in [0.2, 0.25) is 0 Å². The summed E-state index contributed by atoms with van der Waals surface area (Å²) in [6.07, 6.45) is 0.288. The third-order valence-electron chi connectivity index (χ3n) is 2.25. The molecule has 0 fully saturated rings. The van der Waals surface area contributed by atoms with Crippen LogP contribution in [0.1, 0.15) is 20.3 Å². The number of ether oxygens (including phenoxy) is 2. The predicted octanol–water partition coefficient (Wildman–Crippen LogP) is 2.19. The van der Waals surface area contributed by atoms with Crippen LogP contribution in [0, 0.1) is 0 Å². The zero-order valence-electron chi connectivity index (χ0n) is 11.4. The summed E-state index contributed by atoms with van der Waals surface area (Å²) in [4.78, 5) is 11.6. The zero-order valence-corrected chi connectivity index (χ0v) is 12.3. The summed E-state index contributed by atoms with van der Waals surface area (Å²) in [6, 6.07) is 5.10. The molecule has 1 aromatic carbocycles. The summed E-state index contributed by atoms with van der Waals surface area (Å²) < 4.78 is 10.6. The minimum Gasteiger partial charge on any atom is -0.493 e. The summed E-state index contributed by atoms with van der Waals surface area (Å²) in [7, 11) is 1.58. The van der Waals surface area contributed by atoms with Crippen molar-refractivity contribution in [3.05, 3.63) is 18.2 Å². The lowest BCUT2D eigenvalue weighted by atomic mass is 10.2. The first-order valence-electron chi connectivity index (χ1n) is 5.93. The number of amides is 1. The Morgan fingerprint density at radius 1 is 1.42 bits per heavy atom. The number of carbonyl (C=O) groups excluding carboxylic acids is 1. The SMILES string of the molecule is CCOc1cc(NC(=O)CC(C)N)ccc1OC.Cl. The Labute approximate surface area is 119 Å². The molecule has 3 N–H and O–H groups in total. The van der Waals surface area contributed by atoms with E-state index >= 15 is 0 Å². The van der Waals surface area contributed by atoms with Gasteiger partial charge in [-0.25, -0.2) is 0 Å². The van der Waals surface area contributed by atoms with Crippen molar-refractivity contribution >= 4 is 24.0 Å². The molecular formula is C13H21ClN2O3. The first-order chi connectivity index (χ1) is 8.56. The molecule has 1 aromatic rings. The van der Waals surface area contributed by atoms with Gasteiger partial charge in [0.2, 0.25) is 5.91 Å². The molecule has 5 nitrogen and oxygen atoms in total. The molecule has 0 aliphatic rings. The van der Waals surface area contributed by atoms with Crippen molar-refractivity contribution in [1.29, 1.82) is 0 Å². The van der Waals surface area contributed by atoms with Crippen molar-refractivity contribution in [3.63, 3.8) is 0 Å². The second-order valence-corrected chi connectivity index (χ2v) is 4.03. The summed E-state index contributed by atoms with van der Waals surface area (Å²) in [5.41, 5.74) is 6.24. The van der Waals surface area contributed by atoms with E-state index in [1.807, 2.05) is 6.92 Å². The molecule has 0 aromatic heterocycles. The number of hydrogen-bond donors (Lipinski definition) is 2. The number of carbonyl (C=O) groups is 1. The molecule has 0 aliphatic heterocycles. The molecule has 108 valence electrons. The van der Waals surface area contributed by atoms with Gasteiger partial charge in [0.05, 0.1) is 13.7 Å². The van der Waals surface area contributed by atoms with E-state index in [2.05, 4.69) is 5.32 Å². The third-order valence-corrected chi connectivity index (χ3v) is 2.25. The monoisotopic (exact) mass is 288 g/mol. The first kappa shape index (κ1) is 17.5. The van der Waals surface area contributed by atoms with Crippen molar-refractivity contribution in [2.24, 2.45) is 5.73 Å². The highest BCUT2D eigenvalue weighted by atomic mass is 35.5. The summed E-state index contributed by atoms with van der Waals surface area (Å²) >= 11 is 0. The van der Waals surface area contributed by atoms with Gasteiger partial charge in [0.1, 0.15) is 0 Å². The van der Waals surface area contributed by atoms with Gasteiger partial charge < -0.3 is 20.5 Å². The second-order valence-electron chi connectivity index (χ2n) is 4.03. The van der Waals surface area contributed by atoms with Gasteiger partial charge in [-0.1, -0.05) is 0 Å². The van der Waals surface area contributed by atoms with Gasteiger partial charge in [0.25, 0.3) is 0 Å². The Balaban J connectivity index is 0.00000324. The normalized spacial score (nSPS) is 11.2. The van der Waals surface area contributed by atoms with E-state index in [1.165, 1.54) is 0 Å². The molecule has 1 atom stereocenters. The lowest BCUT2D eigenvalue weighted by molar-refractivity contribution is -0.116. The number of nitrogens with one attached hydrogen (secondary N) is 1. The predicted molar refractivity (Wildman–Crippen MR) is 78.3 cm³/mol. The number of rotatable bonds is 6. The standard InChI is InChI=1S/C13H20N2O3.ClH/c1-4-18-12-8-10(5-6-11(12)17-3)15-13(16)7-9(2)14;/h5-6,8-9H,4,7,14H2,1-3H3,(H,15,16);1H. The molecule has 0 spiro atoms. The molecule has 0 saturated carbocycles. The fourth-order valence-electron chi connectivity index (χ4n) is 1.53. The fraction of sp³-hybridized carbons (Fsp3) is 0.462. The van der Waals surface area contributed by atoms with Gasteiger partial charge in [-0.3, -0.25) is 4.79 Å². The second kappa shape index (κ2) is 8.61. The summed E-state index contributed by atoms with van der Waals surface area (Å²) in [5.74, 6) is 1.14. The lowest BCUT2D eigenvalue weighted by Gasteiger charge is -2.12. The number of hydrogen-bond acceptors (Lipinski definition) is 4. The fourth-order valence-corrected chi connectivity index (χ4v) is 1.53. The minimum absolute atomic E-state index is 0. The van der Waals surface area contributed by atoms with E-state index in [-0.39, 0.29) is 30.8 Å². The zero-order chi connectivity index (χ0) is 13.5. The third kappa shape index (κ3) is 5.81. The smallest absolute Gasteiger partial charge is 0.225 e. The highest BCUT2D eigenvalue weighted by Crippen LogP contribution is 2.30. The van der Waals surface area contributed by atoms with Gasteiger partial charge in [0, 0.05) is 24.2 Å². The lowest BCUT2D eigenvalue weighted by Crippen LogP contribution is -2.23. The van der Waals surface area contributed by atoms with E-state index in [0.717, 1.165) is 0 Å². The molecular weight excluding hydrogens is 268 g/mol. The molecule has 0 saturated heterocycles. The highest BCUT2D eigenvalue weighted by Gasteiger charge is 2.09. The van der Waals surface area contributed by atoms with Crippen molar-refractivity contribution in [2.45, 2.75) is 26.3 Å². The van der Waals surface area contributed by atoms with E-state index in [9.17, 15) is 4.79 Å². The van der Waals surface area contributed by atoms with E-state index in [1.54, 1.807) is 32.2 Å². The Bertz CT molecular complexity index is 411. The molecule has 1 unspecified atom stereocenters. The van der Waals surface area contributed by atoms with Gasteiger partial charge in [0.15, 0.2) is 11.5 Å². The summed E-state index contributed by atoms with van der Waals surface area (Å²) in [6.45, 7) is 4.22. The van der Waals surface area contributed by atoms with Crippen LogP contribution >= 0.6 is 12.4 Å². The van der Waals surface area contributed by atoms with Crippen molar-refractivity contribution < 1.29 is 14.3 Å². The quantitative estimate of drug-likeness (QED) is 0.841. The van der Waals surface area contributed by atoms with E-state index in [4.69, 9.17) is 15.2 Å². The topological polar surface area (TPSA) is 73.6 Å². The largest absolute Gasteiger partial charge is 0.493 e. The maximum absolute atomic E-state index is 11.6. The Morgan fingerprint density at radius 2 is 2.11 bits per heavy atom. The van der Waals surface area contributed by atoms with Crippen LogP contribution in [0.25, 0.3) is 0 Å². The average Bonchev–Trinajstić information content (AvgIpc) is 2.28. The molecule has 0 bridgehead atoms. The van der Waals surface area contributed by atoms with Crippen LogP contribution in [0.4, 0.5) is 5.69 Å². The Hall–Kier alpha value is -1.46. The molecule has 1 rings (SSSR count). The first-order valence-corrected chi connectivity index (χ1v) is 5.93. The van der Waals surface area contributed by atoms with Crippen LogP contribution < -0.4 is 20.5 Å². The van der Waals surface area contributed by atoms with Gasteiger partial charge in [-0.05, 0) is 26.0 Å². The Kier molecular flexibility index (Phi) is 7.95. The number of anilines is 1. The van der Waals surface area contributed by atoms with E-state index in [0.29, 0.717) is 23.8 Å². The van der Waals surface area contributed by atoms with Crippen LogP contribution in [0.3, 0.4) is 0 Å². The van der Waals surface area contributed by atoms with Crippen molar-refractivity contribution in [3.8, 4) is 11.5 Å². The maximum atomic E-state index is 11.6. The van der Waals surface area contributed by atoms with Crippen LogP contribution in [0.15, 0.2) is 18.2 Å². The highest BCUT2D eigenvalue weighted by molar-refractivity contribution is 5.91. The molecule has 1 amide bonds. The summed E-state index contributed by atoms with van der Waals surface area (Å²) in [5, 5.41) is 2.77. The number of halogens is 1. The van der Waals surface area contributed by atoms with Crippen molar-refractivity contribution in [2.75, 3.05) is 19.0 Å². The van der Waals surface area contributed by atoms with Gasteiger partial charge >= 0.3 is 0 Å². The molecule has 0 radical (unpaired) electrons. The molecule has 6 heteroatoms. The Morgan fingerprint density at radius 3 is 2.63 bits per heavy atom. The molecule has 0 heterocycles. The molecule has 0 aliphatic carbocycles.